The fourth-order valence-electron chi connectivity index (χ4n) is 5.58. The molecule has 4 aliphatic carbocycles. The third-order valence-corrected chi connectivity index (χ3v) is 8.12. The predicted octanol–water partition coefficient (Wildman–Crippen LogP) is 4.52. The third-order valence-electron chi connectivity index (χ3n) is 6.93. The number of carbonyl (C=O) groups is 1. The summed E-state index contributed by atoms with van der Waals surface area (Å²) in [6.07, 6.45) is 9.97. The topological polar surface area (TPSA) is 29.1 Å². The van der Waals surface area contributed by atoms with Crippen molar-refractivity contribution in [3.63, 3.8) is 0 Å². The van der Waals surface area contributed by atoms with Gasteiger partial charge in [0.1, 0.15) is 0 Å². The molecule has 2 nitrogen and oxygen atoms in total. The molecule has 4 rings (SSSR count). The lowest BCUT2D eigenvalue weighted by atomic mass is 9.49. The summed E-state index contributed by atoms with van der Waals surface area (Å²) < 4.78 is 0. The zero-order valence-electron chi connectivity index (χ0n) is 13.6. The lowest BCUT2D eigenvalue weighted by Gasteiger charge is -2.55. The van der Waals surface area contributed by atoms with Crippen molar-refractivity contribution >= 4 is 21.8 Å². The monoisotopic (exact) mass is 355 g/mol. The van der Waals surface area contributed by atoms with Gasteiger partial charge in [0.15, 0.2) is 0 Å². The number of rotatable bonds is 6. The van der Waals surface area contributed by atoms with Crippen molar-refractivity contribution in [1.82, 2.24) is 5.32 Å². The van der Waals surface area contributed by atoms with Crippen LogP contribution >= 0.6 is 15.9 Å². The first-order valence-corrected chi connectivity index (χ1v) is 10.0. The molecule has 0 aromatic rings. The Balaban J connectivity index is 1.66. The highest BCUT2D eigenvalue weighted by atomic mass is 79.9. The molecule has 0 atom stereocenters. The van der Waals surface area contributed by atoms with Crippen molar-refractivity contribution in [2.45, 2.75) is 65.2 Å². The van der Waals surface area contributed by atoms with Gasteiger partial charge in [-0.1, -0.05) is 29.8 Å². The SMILES string of the molecule is CCC(CC)(CBr)CNC(=O)C12CC3CC(CC(C3)C1)C2. The molecule has 0 radical (unpaired) electrons. The van der Waals surface area contributed by atoms with Gasteiger partial charge in [0.25, 0.3) is 0 Å². The van der Waals surface area contributed by atoms with Crippen molar-refractivity contribution in [3.05, 3.63) is 0 Å². The van der Waals surface area contributed by atoms with E-state index in [1.807, 2.05) is 0 Å². The Morgan fingerprint density at radius 2 is 1.57 bits per heavy atom. The van der Waals surface area contributed by atoms with E-state index < -0.39 is 0 Å². The molecule has 0 saturated heterocycles. The standard InChI is InChI=1S/C18H30BrNO/c1-3-17(4-2,11-19)12-20-16(21)18-8-13-5-14(9-18)7-15(6-13)10-18/h13-15H,3-12H2,1-2H3,(H,20,21). The summed E-state index contributed by atoms with van der Waals surface area (Å²) in [6.45, 7) is 5.31. The van der Waals surface area contributed by atoms with Gasteiger partial charge < -0.3 is 5.32 Å². The molecule has 0 spiro atoms. The van der Waals surface area contributed by atoms with Gasteiger partial charge in [0.2, 0.25) is 5.91 Å². The van der Waals surface area contributed by atoms with Crippen LogP contribution in [0.5, 0.6) is 0 Å². The van der Waals surface area contributed by atoms with Crippen LogP contribution in [0.25, 0.3) is 0 Å². The van der Waals surface area contributed by atoms with E-state index in [0.717, 1.165) is 42.5 Å². The van der Waals surface area contributed by atoms with Crippen LogP contribution in [0.15, 0.2) is 0 Å². The summed E-state index contributed by atoms with van der Waals surface area (Å²) in [5.41, 5.74) is 0.242. The Labute approximate surface area is 138 Å². The molecule has 4 aliphatic rings. The van der Waals surface area contributed by atoms with Gasteiger partial charge in [-0.05, 0) is 74.5 Å². The molecule has 4 fully saturated rings. The second kappa shape index (κ2) is 5.86. The first kappa shape index (κ1) is 15.8. The Morgan fingerprint density at radius 3 is 1.95 bits per heavy atom. The van der Waals surface area contributed by atoms with Crippen molar-refractivity contribution in [2.24, 2.45) is 28.6 Å². The molecule has 0 heterocycles. The Hall–Kier alpha value is -0.0500. The molecular formula is C18H30BrNO. The normalized spacial score (nSPS) is 37.8. The highest BCUT2D eigenvalue weighted by Gasteiger charge is 2.54. The predicted molar refractivity (Wildman–Crippen MR) is 90.4 cm³/mol. The maximum atomic E-state index is 13.0. The van der Waals surface area contributed by atoms with Gasteiger partial charge in [-0.2, -0.15) is 0 Å². The van der Waals surface area contributed by atoms with Crippen LogP contribution in [-0.2, 0) is 4.79 Å². The van der Waals surface area contributed by atoms with E-state index >= 15 is 0 Å². The van der Waals surface area contributed by atoms with Crippen LogP contribution in [0.1, 0.15) is 65.2 Å². The van der Waals surface area contributed by atoms with Gasteiger partial charge >= 0.3 is 0 Å². The van der Waals surface area contributed by atoms with E-state index in [-0.39, 0.29) is 10.8 Å². The van der Waals surface area contributed by atoms with Crippen LogP contribution in [-0.4, -0.2) is 17.8 Å². The van der Waals surface area contributed by atoms with Crippen molar-refractivity contribution in [1.29, 1.82) is 0 Å². The Morgan fingerprint density at radius 1 is 1.10 bits per heavy atom. The zero-order chi connectivity index (χ0) is 15.1. The maximum absolute atomic E-state index is 13.0. The van der Waals surface area contributed by atoms with Gasteiger partial charge in [-0.3, -0.25) is 4.79 Å². The van der Waals surface area contributed by atoms with Crippen LogP contribution in [0.3, 0.4) is 0 Å². The second-order valence-electron chi connectivity index (χ2n) is 8.22. The fraction of sp³-hybridized carbons (Fsp3) is 0.944. The summed E-state index contributed by atoms with van der Waals surface area (Å²) in [5, 5.41) is 4.34. The number of hydrogen-bond acceptors (Lipinski definition) is 1. The Kier molecular flexibility index (Phi) is 4.42. The fourth-order valence-corrected chi connectivity index (χ4v) is 6.57. The average molecular weight is 356 g/mol. The number of nitrogens with one attached hydrogen (secondary N) is 1. The molecule has 0 aromatic heterocycles. The minimum absolute atomic E-state index is 0.00822. The van der Waals surface area contributed by atoms with Crippen LogP contribution in [0, 0.1) is 28.6 Å². The summed E-state index contributed by atoms with van der Waals surface area (Å²) in [4.78, 5) is 13.0. The van der Waals surface area contributed by atoms with Gasteiger partial charge in [0, 0.05) is 17.3 Å². The van der Waals surface area contributed by atoms with Crippen molar-refractivity contribution in [3.8, 4) is 0 Å². The highest BCUT2D eigenvalue weighted by molar-refractivity contribution is 9.09. The first-order chi connectivity index (χ1) is 10.0. The van der Waals surface area contributed by atoms with Crippen molar-refractivity contribution in [2.75, 3.05) is 11.9 Å². The Bertz CT molecular complexity index is 358. The lowest BCUT2D eigenvalue weighted by molar-refractivity contribution is -0.146. The van der Waals surface area contributed by atoms with Crippen LogP contribution in [0.2, 0.25) is 0 Å². The van der Waals surface area contributed by atoms with E-state index in [9.17, 15) is 4.79 Å². The smallest absolute Gasteiger partial charge is 0.226 e. The van der Waals surface area contributed by atoms with E-state index in [4.69, 9.17) is 0 Å². The number of alkyl halides is 1. The third kappa shape index (κ3) is 2.80. The number of carbonyl (C=O) groups excluding carboxylic acids is 1. The van der Waals surface area contributed by atoms with E-state index in [2.05, 4.69) is 35.1 Å². The summed E-state index contributed by atoms with van der Waals surface area (Å²) in [6, 6.07) is 0. The summed E-state index contributed by atoms with van der Waals surface area (Å²) in [5.74, 6) is 2.93. The molecule has 0 aliphatic heterocycles. The van der Waals surface area contributed by atoms with Gasteiger partial charge in [0.05, 0.1) is 0 Å². The first-order valence-electron chi connectivity index (χ1n) is 8.89. The summed E-state index contributed by atoms with van der Waals surface area (Å²) in [7, 11) is 0. The lowest BCUT2D eigenvalue weighted by Crippen LogP contribution is -2.54. The van der Waals surface area contributed by atoms with Crippen molar-refractivity contribution < 1.29 is 4.79 Å². The molecule has 1 amide bonds. The highest BCUT2D eigenvalue weighted by Crippen LogP contribution is 2.60. The minimum Gasteiger partial charge on any atom is -0.355 e. The molecule has 4 saturated carbocycles. The molecule has 0 unspecified atom stereocenters. The van der Waals surface area contributed by atoms with Gasteiger partial charge in [-0.25, -0.2) is 0 Å². The molecule has 0 aromatic carbocycles. The van der Waals surface area contributed by atoms with E-state index in [0.29, 0.717) is 5.91 Å². The van der Waals surface area contributed by atoms with Gasteiger partial charge in [-0.15, -0.1) is 0 Å². The average Bonchev–Trinajstić information content (AvgIpc) is 2.47. The maximum Gasteiger partial charge on any atom is 0.226 e. The molecule has 1 N–H and O–H groups in total. The van der Waals surface area contributed by atoms with Crippen LogP contribution < -0.4 is 5.32 Å². The van der Waals surface area contributed by atoms with E-state index in [1.54, 1.807) is 0 Å². The number of hydrogen-bond donors (Lipinski definition) is 1. The molecule has 21 heavy (non-hydrogen) atoms. The number of amides is 1. The molecule has 4 bridgehead atoms. The molecule has 120 valence electrons. The quantitative estimate of drug-likeness (QED) is 0.697. The van der Waals surface area contributed by atoms with E-state index in [1.165, 1.54) is 38.5 Å². The largest absolute Gasteiger partial charge is 0.355 e. The molecule has 3 heteroatoms. The zero-order valence-corrected chi connectivity index (χ0v) is 15.2. The van der Waals surface area contributed by atoms with Crippen LogP contribution in [0.4, 0.5) is 0 Å². The minimum atomic E-state index is 0.00822. The number of halogens is 1. The molecular weight excluding hydrogens is 326 g/mol. The second-order valence-corrected chi connectivity index (χ2v) is 8.78. The summed E-state index contributed by atoms with van der Waals surface area (Å²) >= 11 is 3.66.